The van der Waals surface area contributed by atoms with Crippen molar-refractivity contribution >= 4 is 46.9 Å². The summed E-state index contributed by atoms with van der Waals surface area (Å²) in [5.41, 5.74) is 2.38. The summed E-state index contributed by atoms with van der Waals surface area (Å²) in [6.45, 7) is 1.94. The Morgan fingerprint density at radius 3 is 2.05 bits per heavy atom. The molecule has 43 heavy (non-hydrogen) atoms. The zero-order chi connectivity index (χ0) is 30.6. The summed E-state index contributed by atoms with van der Waals surface area (Å²) in [5.74, 6) is 0.0903. The summed E-state index contributed by atoms with van der Waals surface area (Å²) in [4.78, 5) is 40.3. The first kappa shape index (κ1) is 30.9. The average molecular weight is 596 g/mol. The van der Waals surface area contributed by atoms with E-state index in [1.54, 1.807) is 81.0 Å². The minimum absolute atomic E-state index is 0.0950. The summed E-state index contributed by atoms with van der Waals surface area (Å²) >= 11 is 1.39. The van der Waals surface area contributed by atoms with Crippen molar-refractivity contribution in [2.75, 3.05) is 24.9 Å². The van der Waals surface area contributed by atoms with E-state index in [0.29, 0.717) is 34.9 Å². The molecule has 0 saturated carbocycles. The largest absolute Gasteiger partial charge is 0.497 e. The van der Waals surface area contributed by atoms with Gasteiger partial charge in [-0.05, 0) is 48.4 Å². The topological polar surface area (TPSA) is 106 Å². The first-order valence-corrected chi connectivity index (χ1v) is 14.5. The highest BCUT2D eigenvalue weighted by atomic mass is 32.2. The molecular formula is C34H33N3O5S. The molecule has 0 radical (unpaired) electrons. The van der Waals surface area contributed by atoms with Gasteiger partial charge in [-0.15, -0.1) is 11.8 Å². The van der Waals surface area contributed by atoms with Gasteiger partial charge in [-0.25, -0.2) is 0 Å². The van der Waals surface area contributed by atoms with Gasteiger partial charge >= 0.3 is 0 Å². The van der Waals surface area contributed by atoms with E-state index in [4.69, 9.17) is 9.47 Å². The van der Waals surface area contributed by atoms with Crippen LogP contribution >= 0.6 is 11.8 Å². The molecule has 0 bridgehead atoms. The molecular weight excluding hydrogens is 562 g/mol. The highest BCUT2D eigenvalue weighted by Gasteiger charge is 2.20. The Labute approximate surface area is 255 Å². The standard InChI is InChI=1S/C34H33N3O5S/c1-4-31(34(40)36-26-19-27(41-2)22-28(20-26)42-3)43-29-17-11-16-25(21-29)35-33(39)30(18-23-12-7-5-8-13-23)37-32(38)24-14-9-6-10-15-24/h5-22,31H,4H2,1-3H3,(H,35,39)(H,36,40)(H,37,38)/b30-18-. The minimum Gasteiger partial charge on any atom is -0.497 e. The predicted octanol–water partition coefficient (Wildman–Crippen LogP) is 6.62. The van der Waals surface area contributed by atoms with Gasteiger partial charge in [-0.3, -0.25) is 14.4 Å². The summed E-state index contributed by atoms with van der Waals surface area (Å²) in [6, 6.07) is 30.4. The number of hydrogen-bond donors (Lipinski definition) is 3. The molecule has 0 aromatic heterocycles. The molecule has 3 amide bonds. The minimum atomic E-state index is -0.480. The van der Waals surface area contributed by atoms with Crippen LogP contribution in [0, 0.1) is 0 Å². The van der Waals surface area contributed by atoms with Crippen LogP contribution in [0.2, 0.25) is 0 Å². The van der Waals surface area contributed by atoms with Crippen LogP contribution in [0.25, 0.3) is 6.08 Å². The second-order valence-corrected chi connectivity index (χ2v) is 10.7. The van der Waals surface area contributed by atoms with E-state index in [1.807, 2.05) is 49.4 Å². The number of thioether (sulfide) groups is 1. The molecule has 4 aromatic rings. The fourth-order valence-corrected chi connectivity index (χ4v) is 5.11. The fraction of sp³-hybridized carbons (Fsp3) is 0.147. The molecule has 1 unspecified atom stereocenters. The maximum atomic E-state index is 13.4. The van der Waals surface area contributed by atoms with Gasteiger partial charge in [0.15, 0.2) is 0 Å². The van der Waals surface area contributed by atoms with Gasteiger partial charge in [-0.2, -0.15) is 0 Å². The van der Waals surface area contributed by atoms with Crippen LogP contribution in [0.4, 0.5) is 11.4 Å². The molecule has 0 saturated heterocycles. The third kappa shape index (κ3) is 8.98. The van der Waals surface area contributed by atoms with Crippen LogP contribution in [0.1, 0.15) is 29.3 Å². The first-order valence-electron chi connectivity index (χ1n) is 13.6. The van der Waals surface area contributed by atoms with Gasteiger partial charge < -0.3 is 25.4 Å². The number of benzene rings is 4. The molecule has 220 valence electrons. The number of nitrogens with one attached hydrogen (secondary N) is 3. The van der Waals surface area contributed by atoms with Crippen LogP contribution in [-0.2, 0) is 9.59 Å². The molecule has 0 aliphatic carbocycles. The molecule has 8 nitrogen and oxygen atoms in total. The van der Waals surface area contributed by atoms with Crippen molar-refractivity contribution in [3.05, 3.63) is 120 Å². The summed E-state index contributed by atoms with van der Waals surface area (Å²) in [5, 5.41) is 8.17. The Balaban J connectivity index is 1.48. The number of carbonyl (C=O) groups is 3. The Kier molecular flexibility index (Phi) is 11.0. The zero-order valence-electron chi connectivity index (χ0n) is 24.1. The normalized spacial score (nSPS) is 11.7. The lowest BCUT2D eigenvalue weighted by Gasteiger charge is -2.17. The van der Waals surface area contributed by atoms with Crippen molar-refractivity contribution in [1.29, 1.82) is 0 Å². The first-order chi connectivity index (χ1) is 20.9. The Morgan fingerprint density at radius 1 is 0.767 bits per heavy atom. The second kappa shape index (κ2) is 15.3. The molecule has 4 aromatic carbocycles. The zero-order valence-corrected chi connectivity index (χ0v) is 24.9. The summed E-state index contributed by atoms with van der Waals surface area (Å²) in [6.07, 6.45) is 2.20. The van der Waals surface area contributed by atoms with E-state index in [0.717, 1.165) is 10.5 Å². The monoisotopic (exact) mass is 595 g/mol. The molecule has 1 atom stereocenters. The predicted molar refractivity (Wildman–Crippen MR) is 172 cm³/mol. The lowest BCUT2D eigenvalue weighted by atomic mass is 10.1. The van der Waals surface area contributed by atoms with Crippen molar-refractivity contribution in [2.45, 2.75) is 23.5 Å². The van der Waals surface area contributed by atoms with Gasteiger partial charge in [0, 0.05) is 40.0 Å². The molecule has 0 spiro atoms. The van der Waals surface area contributed by atoms with E-state index >= 15 is 0 Å². The fourth-order valence-electron chi connectivity index (χ4n) is 4.09. The summed E-state index contributed by atoms with van der Waals surface area (Å²) in [7, 11) is 3.10. The number of rotatable bonds is 12. The van der Waals surface area contributed by atoms with Crippen LogP contribution in [0.3, 0.4) is 0 Å². The summed E-state index contributed by atoms with van der Waals surface area (Å²) < 4.78 is 10.6. The number of hydrogen-bond acceptors (Lipinski definition) is 6. The van der Waals surface area contributed by atoms with Gasteiger partial charge in [-0.1, -0.05) is 61.5 Å². The van der Waals surface area contributed by atoms with Gasteiger partial charge in [0.1, 0.15) is 17.2 Å². The maximum absolute atomic E-state index is 13.4. The smallest absolute Gasteiger partial charge is 0.272 e. The van der Waals surface area contributed by atoms with Crippen LogP contribution < -0.4 is 25.4 Å². The lowest BCUT2D eigenvalue weighted by Crippen LogP contribution is -2.30. The van der Waals surface area contributed by atoms with Crippen molar-refractivity contribution in [3.63, 3.8) is 0 Å². The third-order valence-electron chi connectivity index (χ3n) is 6.29. The van der Waals surface area contributed by atoms with Gasteiger partial charge in [0.05, 0.1) is 19.5 Å². The number of anilines is 2. The molecule has 0 heterocycles. The molecule has 0 aliphatic rings. The van der Waals surface area contributed by atoms with Gasteiger partial charge in [0.2, 0.25) is 5.91 Å². The van der Waals surface area contributed by atoms with E-state index in [2.05, 4.69) is 16.0 Å². The highest BCUT2D eigenvalue weighted by molar-refractivity contribution is 8.00. The van der Waals surface area contributed by atoms with Crippen molar-refractivity contribution in [2.24, 2.45) is 0 Å². The van der Waals surface area contributed by atoms with E-state index < -0.39 is 17.1 Å². The van der Waals surface area contributed by atoms with Crippen molar-refractivity contribution in [1.82, 2.24) is 5.32 Å². The molecule has 4 rings (SSSR count). The van der Waals surface area contributed by atoms with Gasteiger partial charge in [0.25, 0.3) is 11.8 Å². The average Bonchev–Trinajstić information content (AvgIpc) is 3.04. The van der Waals surface area contributed by atoms with Crippen LogP contribution in [0.15, 0.2) is 114 Å². The highest BCUT2D eigenvalue weighted by Crippen LogP contribution is 2.30. The van der Waals surface area contributed by atoms with Crippen molar-refractivity contribution in [3.8, 4) is 11.5 Å². The number of ether oxygens (including phenoxy) is 2. The molecule has 9 heteroatoms. The van der Waals surface area contributed by atoms with Crippen LogP contribution in [0.5, 0.6) is 11.5 Å². The van der Waals surface area contributed by atoms with E-state index in [9.17, 15) is 14.4 Å². The second-order valence-electron chi connectivity index (χ2n) is 9.38. The maximum Gasteiger partial charge on any atom is 0.272 e. The third-order valence-corrected chi connectivity index (χ3v) is 7.65. The quantitative estimate of drug-likeness (QED) is 0.126. The van der Waals surface area contributed by atoms with E-state index in [1.165, 1.54) is 11.8 Å². The van der Waals surface area contributed by atoms with E-state index in [-0.39, 0.29) is 11.6 Å². The Bertz CT molecular complexity index is 1570. The molecule has 3 N–H and O–H groups in total. The SMILES string of the molecule is CCC(Sc1cccc(NC(=O)/C(=C/c2ccccc2)NC(=O)c2ccccc2)c1)C(=O)Nc1cc(OC)cc(OC)c1. The number of amides is 3. The number of carbonyl (C=O) groups excluding carboxylic acids is 3. The molecule has 0 fully saturated rings. The Morgan fingerprint density at radius 2 is 1.42 bits per heavy atom. The number of methoxy groups -OCH3 is 2. The van der Waals surface area contributed by atoms with Crippen LogP contribution in [-0.4, -0.2) is 37.2 Å². The molecule has 0 aliphatic heterocycles. The van der Waals surface area contributed by atoms with Crippen molar-refractivity contribution < 1.29 is 23.9 Å². The Hall–Kier alpha value is -5.02. The lowest BCUT2D eigenvalue weighted by molar-refractivity contribution is -0.116.